The standard InChI is InChI=1S/C20H24ClN3O/c21-19-9-5-4-8-18(19)10-11-22-20(25)24-14-12-23(13-15-24)16-17-6-2-1-3-7-17/h1-9H,10-16H2,(H,22,25). The van der Waals surface area contributed by atoms with E-state index in [4.69, 9.17) is 11.6 Å². The highest BCUT2D eigenvalue weighted by atomic mass is 35.5. The minimum absolute atomic E-state index is 0.0198. The fourth-order valence-electron chi connectivity index (χ4n) is 3.07. The smallest absolute Gasteiger partial charge is 0.317 e. The summed E-state index contributed by atoms with van der Waals surface area (Å²) in [6.07, 6.45) is 0.749. The van der Waals surface area contributed by atoms with Crippen LogP contribution in [-0.4, -0.2) is 48.6 Å². The Bertz CT molecular complexity index is 684. The molecule has 25 heavy (non-hydrogen) atoms. The molecule has 3 rings (SSSR count). The third-order valence-corrected chi connectivity index (χ3v) is 4.91. The molecule has 0 atom stereocenters. The van der Waals surface area contributed by atoms with E-state index in [0.717, 1.165) is 49.7 Å². The van der Waals surface area contributed by atoms with Crippen LogP contribution in [0.3, 0.4) is 0 Å². The number of hydrogen-bond acceptors (Lipinski definition) is 2. The summed E-state index contributed by atoms with van der Waals surface area (Å²) in [5.74, 6) is 0. The third-order valence-electron chi connectivity index (χ3n) is 4.54. The van der Waals surface area contributed by atoms with Crippen LogP contribution in [0.5, 0.6) is 0 Å². The Morgan fingerprint density at radius 2 is 1.64 bits per heavy atom. The van der Waals surface area contributed by atoms with Crippen molar-refractivity contribution in [3.05, 3.63) is 70.7 Å². The van der Waals surface area contributed by atoms with Crippen LogP contribution in [0.1, 0.15) is 11.1 Å². The Kier molecular flexibility index (Phi) is 6.31. The molecule has 0 unspecified atom stereocenters. The van der Waals surface area contributed by atoms with Crippen molar-refractivity contribution in [2.45, 2.75) is 13.0 Å². The number of hydrogen-bond donors (Lipinski definition) is 1. The second-order valence-corrected chi connectivity index (χ2v) is 6.73. The molecule has 0 saturated carbocycles. The van der Waals surface area contributed by atoms with Gasteiger partial charge in [0.1, 0.15) is 0 Å². The van der Waals surface area contributed by atoms with Crippen LogP contribution in [0.4, 0.5) is 4.79 Å². The summed E-state index contributed by atoms with van der Waals surface area (Å²) in [4.78, 5) is 16.6. The Hall–Kier alpha value is -2.04. The zero-order valence-corrected chi connectivity index (χ0v) is 15.1. The average Bonchev–Trinajstić information content (AvgIpc) is 2.65. The Labute approximate surface area is 154 Å². The normalized spacial score (nSPS) is 15.2. The molecule has 1 aliphatic rings. The molecule has 2 aromatic rings. The Morgan fingerprint density at radius 3 is 2.36 bits per heavy atom. The number of carbonyl (C=O) groups excluding carboxylic acids is 1. The molecule has 0 radical (unpaired) electrons. The van der Waals surface area contributed by atoms with Gasteiger partial charge in [-0.25, -0.2) is 4.79 Å². The maximum Gasteiger partial charge on any atom is 0.317 e. The van der Waals surface area contributed by atoms with Gasteiger partial charge in [0, 0.05) is 44.3 Å². The number of halogens is 1. The van der Waals surface area contributed by atoms with Crippen LogP contribution in [0.2, 0.25) is 5.02 Å². The largest absolute Gasteiger partial charge is 0.338 e. The van der Waals surface area contributed by atoms with Crippen LogP contribution >= 0.6 is 11.6 Å². The summed E-state index contributed by atoms with van der Waals surface area (Å²) in [6.45, 7) is 4.91. The minimum atomic E-state index is 0.0198. The van der Waals surface area contributed by atoms with E-state index in [1.807, 2.05) is 35.2 Å². The van der Waals surface area contributed by atoms with E-state index in [2.05, 4.69) is 34.5 Å². The van der Waals surface area contributed by atoms with E-state index in [1.54, 1.807) is 0 Å². The summed E-state index contributed by atoms with van der Waals surface area (Å²) in [5.41, 5.74) is 2.39. The van der Waals surface area contributed by atoms with E-state index >= 15 is 0 Å². The first-order valence-corrected chi connectivity index (χ1v) is 9.12. The van der Waals surface area contributed by atoms with Gasteiger partial charge in [-0.2, -0.15) is 0 Å². The first-order valence-electron chi connectivity index (χ1n) is 8.75. The van der Waals surface area contributed by atoms with Gasteiger partial charge in [-0.3, -0.25) is 4.90 Å². The van der Waals surface area contributed by atoms with Gasteiger partial charge in [0.25, 0.3) is 0 Å². The number of rotatable bonds is 5. The number of nitrogens with zero attached hydrogens (tertiary/aromatic N) is 2. The number of nitrogens with one attached hydrogen (secondary N) is 1. The zero-order chi connectivity index (χ0) is 17.5. The highest BCUT2D eigenvalue weighted by Crippen LogP contribution is 2.15. The van der Waals surface area contributed by atoms with Crippen molar-refractivity contribution in [1.82, 2.24) is 15.1 Å². The average molecular weight is 358 g/mol. The van der Waals surface area contributed by atoms with Gasteiger partial charge >= 0.3 is 6.03 Å². The van der Waals surface area contributed by atoms with Gasteiger partial charge in [-0.1, -0.05) is 60.1 Å². The molecule has 0 aromatic heterocycles. The van der Waals surface area contributed by atoms with Crippen LogP contribution < -0.4 is 5.32 Å². The summed E-state index contributed by atoms with van der Waals surface area (Å²) in [5, 5.41) is 3.76. The van der Waals surface area contributed by atoms with E-state index in [-0.39, 0.29) is 6.03 Å². The molecule has 4 nitrogen and oxygen atoms in total. The van der Waals surface area contributed by atoms with Crippen molar-refractivity contribution in [3.8, 4) is 0 Å². The first-order chi connectivity index (χ1) is 12.2. The molecule has 0 aliphatic carbocycles. The maximum atomic E-state index is 12.3. The fraction of sp³-hybridized carbons (Fsp3) is 0.350. The SMILES string of the molecule is O=C(NCCc1ccccc1Cl)N1CCN(Cc2ccccc2)CC1. The quantitative estimate of drug-likeness (QED) is 0.890. The first kappa shape index (κ1) is 17.8. The topological polar surface area (TPSA) is 35.6 Å². The van der Waals surface area contributed by atoms with Gasteiger partial charge in [0.05, 0.1) is 0 Å². The van der Waals surface area contributed by atoms with Crippen LogP contribution in [0.25, 0.3) is 0 Å². The van der Waals surface area contributed by atoms with E-state index < -0.39 is 0 Å². The Morgan fingerprint density at radius 1 is 0.960 bits per heavy atom. The van der Waals surface area contributed by atoms with E-state index in [9.17, 15) is 4.79 Å². The lowest BCUT2D eigenvalue weighted by molar-refractivity contribution is 0.135. The highest BCUT2D eigenvalue weighted by Gasteiger charge is 2.20. The number of benzene rings is 2. The molecule has 2 aromatic carbocycles. The van der Waals surface area contributed by atoms with Crippen LogP contribution in [-0.2, 0) is 13.0 Å². The minimum Gasteiger partial charge on any atom is -0.338 e. The van der Waals surface area contributed by atoms with Crippen molar-refractivity contribution in [1.29, 1.82) is 0 Å². The second-order valence-electron chi connectivity index (χ2n) is 6.32. The molecule has 5 heteroatoms. The van der Waals surface area contributed by atoms with Crippen molar-refractivity contribution in [3.63, 3.8) is 0 Å². The van der Waals surface area contributed by atoms with Crippen molar-refractivity contribution in [2.24, 2.45) is 0 Å². The Balaban J connectivity index is 1.39. The van der Waals surface area contributed by atoms with Crippen molar-refractivity contribution < 1.29 is 4.79 Å². The molecule has 0 bridgehead atoms. The van der Waals surface area contributed by atoms with Gasteiger partial charge < -0.3 is 10.2 Å². The number of carbonyl (C=O) groups is 1. The van der Waals surface area contributed by atoms with E-state index in [0.29, 0.717) is 6.54 Å². The molecular weight excluding hydrogens is 334 g/mol. The predicted octanol–water partition coefficient (Wildman–Crippen LogP) is 3.41. The molecule has 1 aliphatic heterocycles. The number of piperazine rings is 1. The molecule has 1 saturated heterocycles. The third kappa shape index (κ3) is 5.21. The summed E-state index contributed by atoms with van der Waals surface area (Å²) in [7, 11) is 0. The van der Waals surface area contributed by atoms with Gasteiger partial charge in [0.15, 0.2) is 0 Å². The number of urea groups is 1. The summed E-state index contributed by atoms with van der Waals surface area (Å²) in [6, 6.07) is 18.2. The summed E-state index contributed by atoms with van der Waals surface area (Å²) < 4.78 is 0. The fourth-order valence-corrected chi connectivity index (χ4v) is 3.30. The van der Waals surface area contributed by atoms with Gasteiger partial charge in [-0.15, -0.1) is 0 Å². The predicted molar refractivity (Wildman–Crippen MR) is 102 cm³/mol. The lowest BCUT2D eigenvalue weighted by Gasteiger charge is -2.34. The van der Waals surface area contributed by atoms with E-state index in [1.165, 1.54) is 5.56 Å². The highest BCUT2D eigenvalue weighted by molar-refractivity contribution is 6.31. The number of amides is 2. The van der Waals surface area contributed by atoms with Crippen molar-refractivity contribution in [2.75, 3.05) is 32.7 Å². The maximum absolute atomic E-state index is 12.3. The molecule has 1 N–H and O–H groups in total. The molecule has 2 amide bonds. The molecular formula is C20H24ClN3O. The lowest BCUT2D eigenvalue weighted by Crippen LogP contribution is -2.51. The van der Waals surface area contributed by atoms with Gasteiger partial charge in [-0.05, 0) is 23.6 Å². The second kappa shape index (κ2) is 8.88. The van der Waals surface area contributed by atoms with Crippen LogP contribution in [0, 0.1) is 0 Å². The molecule has 132 valence electrons. The molecule has 1 heterocycles. The molecule has 1 fully saturated rings. The lowest BCUT2D eigenvalue weighted by atomic mass is 10.1. The van der Waals surface area contributed by atoms with Gasteiger partial charge in [0.2, 0.25) is 0 Å². The van der Waals surface area contributed by atoms with Crippen molar-refractivity contribution >= 4 is 17.6 Å². The monoisotopic (exact) mass is 357 g/mol. The van der Waals surface area contributed by atoms with Crippen LogP contribution in [0.15, 0.2) is 54.6 Å². The molecule has 0 spiro atoms. The zero-order valence-electron chi connectivity index (χ0n) is 14.3. The summed E-state index contributed by atoms with van der Waals surface area (Å²) >= 11 is 6.14.